The maximum atomic E-state index is 11.8. The van der Waals surface area contributed by atoms with Crippen LogP contribution in [0.15, 0.2) is 46.9 Å². The number of likely N-dealkylation sites (tertiary alicyclic amines) is 1. The number of hydrogen-bond acceptors (Lipinski definition) is 6. The summed E-state index contributed by atoms with van der Waals surface area (Å²) in [6.07, 6.45) is 0.957. The number of benzene rings is 2. The first-order valence-corrected chi connectivity index (χ1v) is 10.2. The maximum absolute atomic E-state index is 11.8. The normalized spacial score (nSPS) is 16.9. The summed E-state index contributed by atoms with van der Waals surface area (Å²) in [5, 5.41) is 12.5. The van der Waals surface area contributed by atoms with Gasteiger partial charge in [-0.2, -0.15) is 0 Å². The van der Waals surface area contributed by atoms with Gasteiger partial charge in [-0.05, 0) is 57.1 Å². The number of para-hydroxylation sites is 1. The fraction of sp³-hybridized carbons (Fsp3) is 0.435. The van der Waals surface area contributed by atoms with E-state index in [1.54, 1.807) is 0 Å². The van der Waals surface area contributed by atoms with E-state index in [1.165, 1.54) is 0 Å². The molecule has 4 rings (SSSR count). The predicted molar refractivity (Wildman–Crippen MR) is 111 cm³/mol. The molecule has 0 aliphatic carbocycles. The van der Waals surface area contributed by atoms with Crippen LogP contribution < -0.4 is 4.74 Å². The van der Waals surface area contributed by atoms with Crippen molar-refractivity contribution in [1.29, 1.82) is 0 Å². The van der Waals surface area contributed by atoms with Gasteiger partial charge in [0.25, 0.3) is 0 Å². The van der Waals surface area contributed by atoms with Crippen LogP contribution in [0.2, 0.25) is 0 Å². The van der Waals surface area contributed by atoms with Crippen LogP contribution in [0, 0.1) is 5.92 Å². The summed E-state index contributed by atoms with van der Waals surface area (Å²) in [5.74, 6) is 0.596. The molecule has 0 unspecified atom stereocenters. The smallest absolute Gasteiger partial charge is 0.309 e. The zero-order chi connectivity index (χ0) is 20.2. The Kier molecular flexibility index (Phi) is 6.02. The molecule has 6 heteroatoms. The van der Waals surface area contributed by atoms with Crippen LogP contribution in [0.25, 0.3) is 21.9 Å². The minimum absolute atomic E-state index is 0.0175. The summed E-state index contributed by atoms with van der Waals surface area (Å²) in [6, 6.07) is 13.6. The van der Waals surface area contributed by atoms with Crippen LogP contribution >= 0.6 is 0 Å². The lowest BCUT2D eigenvalue weighted by molar-refractivity contribution is -0.149. The molecule has 2 aromatic carbocycles. The molecule has 1 saturated heterocycles. The maximum Gasteiger partial charge on any atom is 0.309 e. The zero-order valence-corrected chi connectivity index (χ0v) is 16.7. The van der Waals surface area contributed by atoms with Crippen molar-refractivity contribution in [2.45, 2.75) is 25.9 Å². The highest BCUT2D eigenvalue weighted by molar-refractivity contribution is 6.05. The van der Waals surface area contributed by atoms with E-state index in [1.807, 2.05) is 49.4 Å². The third-order valence-electron chi connectivity index (χ3n) is 5.47. The highest BCUT2D eigenvalue weighted by Crippen LogP contribution is 2.31. The molecule has 0 bridgehead atoms. The van der Waals surface area contributed by atoms with Gasteiger partial charge in [0.15, 0.2) is 0 Å². The van der Waals surface area contributed by atoms with Crippen LogP contribution in [-0.2, 0) is 9.53 Å². The minimum Gasteiger partial charge on any atom is -0.491 e. The van der Waals surface area contributed by atoms with Gasteiger partial charge in [-0.15, -0.1) is 0 Å². The van der Waals surface area contributed by atoms with Crippen molar-refractivity contribution in [2.24, 2.45) is 5.92 Å². The molecule has 0 radical (unpaired) electrons. The van der Waals surface area contributed by atoms with Crippen molar-refractivity contribution < 1.29 is 23.8 Å². The second-order valence-corrected chi connectivity index (χ2v) is 7.55. The van der Waals surface area contributed by atoms with Crippen molar-refractivity contribution in [3.8, 4) is 5.75 Å². The van der Waals surface area contributed by atoms with Gasteiger partial charge in [0.2, 0.25) is 0 Å². The predicted octanol–water partition coefficient (Wildman–Crippen LogP) is 3.60. The molecule has 29 heavy (non-hydrogen) atoms. The Labute approximate surface area is 170 Å². The van der Waals surface area contributed by atoms with Crippen LogP contribution in [0.5, 0.6) is 5.75 Å². The number of rotatable bonds is 7. The Hall–Kier alpha value is -2.57. The summed E-state index contributed by atoms with van der Waals surface area (Å²) >= 11 is 0. The molecule has 1 aliphatic heterocycles. The lowest BCUT2D eigenvalue weighted by Crippen LogP contribution is -2.42. The summed E-state index contributed by atoms with van der Waals surface area (Å²) in [7, 11) is 0. The van der Waals surface area contributed by atoms with Gasteiger partial charge in [-0.1, -0.05) is 18.2 Å². The molecular formula is C23H27NO5. The Morgan fingerprint density at radius 3 is 2.72 bits per heavy atom. The van der Waals surface area contributed by atoms with E-state index < -0.39 is 6.10 Å². The van der Waals surface area contributed by atoms with E-state index >= 15 is 0 Å². The molecule has 1 aromatic heterocycles. The molecule has 1 fully saturated rings. The summed E-state index contributed by atoms with van der Waals surface area (Å²) in [4.78, 5) is 14.0. The third kappa shape index (κ3) is 4.54. The number of fused-ring (bicyclic) bond motifs is 3. The van der Waals surface area contributed by atoms with Gasteiger partial charge in [0, 0.05) is 17.3 Å². The number of carbonyl (C=O) groups is 1. The molecule has 1 aliphatic rings. The van der Waals surface area contributed by atoms with Gasteiger partial charge in [-0.25, -0.2) is 0 Å². The molecule has 3 aromatic rings. The van der Waals surface area contributed by atoms with E-state index in [2.05, 4.69) is 4.90 Å². The molecule has 1 atom stereocenters. The fourth-order valence-electron chi connectivity index (χ4n) is 3.95. The second-order valence-electron chi connectivity index (χ2n) is 7.55. The molecular weight excluding hydrogens is 370 g/mol. The summed E-state index contributed by atoms with van der Waals surface area (Å²) < 4.78 is 16.8. The number of aliphatic hydroxyl groups excluding tert-OH is 1. The summed E-state index contributed by atoms with van der Waals surface area (Å²) in [6.45, 7) is 4.58. The number of hydrogen-bond donors (Lipinski definition) is 1. The first-order valence-electron chi connectivity index (χ1n) is 10.2. The number of nitrogens with zero attached hydrogens (tertiary/aromatic N) is 1. The number of furan rings is 1. The van der Waals surface area contributed by atoms with Gasteiger partial charge in [-0.3, -0.25) is 4.79 Å². The Morgan fingerprint density at radius 1 is 1.17 bits per heavy atom. The van der Waals surface area contributed by atoms with Crippen molar-refractivity contribution in [3.05, 3.63) is 42.5 Å². The fourth-order valence-corrected chi connectivity index (χ4v) is 3.95. The highest BCUT2D eigenvalue weighted by Gasteiger charge is 2.26. The monoisotopic (exact) mass is 397 g/mol. The first-order chi connectivity index (χ1) is 14.1. The van der Waals surface area contributed by atoms with E-state index in [9.17, 15) is 9.90 Å². The highest BCUT2D eigenvalue weighted by atomic mass is 16.5. The number of β-amino-alcohol motifs (C(OH)–C–C–N with tert-alkyl or cyclic N) is 1. The lowest BCUT2D eigenvalue weighted by Gasteiger charge is -2.32. The van der Waals surface area contributed by atoms with Crippen molar-refractivity contribution in [3.63, 3.8) is 0 Å². The van der Waals surface area contributed by atoms with Gasteiger partial charge in [0.1, 0.15) is 29.6 Å². The molecule has 154 valence electrons. The van der Waals surface area contributed by atoms with Crippen LogP contribution in [-0.4, -0.2) is 54.9 Å². The molecule has 0 spiro atoms. The topological polar surface area (TPSA) is 72.1 Å². The van der Waals surface area contributed by atoms with Gasteiger partial charge in [0.05, 0.1) is 12.5 Å². The largest absolute Gasteiger partial charge is 0.491 e. The average Bonchev–Trinajstić information content (AvgIpc) is 3.11. The SMILES string of the molecule is CCOC(=O)C1CCN(C[C@@H](O)COc2ccc3oc4ccccc4c3c2)CC1. The Bertz CT molecular complexity index is 974. The van der Waals surface area contributed by atoms with E-state index in [0.717, 1.165) is 47.9 Å². The van der Waals surface area contributed by atoms with Gasteiger partial charge < -0.3 is 23.9 Å². The second kappa shape index (κ2) is 8.84. The first kappa shape index (κ1) is 19.7. The quantitative estimate of drug-likeness (QED) is 0.614. The third-order valence-corrected chi connectivity index (χ3v) is 5.47. The number of piperidine rings is 1. The van der Waals surface area contributed by atoms with E-state index in [4.69, 9.17) is 13.9 Å². The molecule has 0 saturated carbocycles. The lowest BCUT2D eigenvalue weighted by atomic mass is 9.97. The standard InChI is InChI=1S/C23H27NO5/c1-2-27-23(26)16-9-11-24(12-10-16)14-17(25)15-28-18-7-8-22-20(13-18)19-5-3-4-6-21(19)29-22/h3-8,13,16-17,25H,2,9-12,14-15H2,1H3/t17-/m1/s1. The van der Waals surface area contributed by atoms with E-state index in [0.29, 0.717) is 18.9 Å². The van der Waals surface area contributed by atoms with Crippen LogP contribution in [0.1, 0.15) is 19.8 Å². The number of aliphatic hydroxyl groups is 1. The van der Waals surface area contributed by atoms with Crippen molar-refractivity contribution in [2.75, 3.05) is 32.8 Å². The molecule has 2 heterocycles. The summed E-state index contributed by atoms with van der Waals surface area (Å²) in [5.41, 5.74) is 1.68. The number of ether oxygens (including phenoxy) is 2. The van der Waals surface area contributed by atoms with E-state index in [-0.39, 0.29) is 18.5 Å². The van der Waals surface area contributed by atoms with Crippen LogP contribution in [0.3, 0.4) is 0 Å². The van der Waals surface area contributed by atoms with Crippen molar-refractivity contribution in [1.82, 2.24) is 4.90 Å². The number of esters is 1. The molecule has 1 N–H and O–H groups in total. The Morgan fingerprint density at radius 2 is 1.93 bits per heavy atom. The van der Waals surface area contributed by atoms with Crippen molar-refractivity contribution >= 4 is 27.9 Å². The average molecular weight is 397 g/mol. The van der Waals surface area contributed by atoms with Crippen LogP contribution in [0.4, 0.5) is 0 Å². The molecule has 6 nitrogen and oxygen atoms in total. The zero-order valence-electron chi connectivity index (χ0n) is 16.7. The number of carbonyl (C=O) groups excluding carboxylic acids is 1. The Balaban J connectivity index is 1.29. The van der Waals surface area contributed by atoms with Gasteiger partial charge >= 0.3 is 5.97 Å². The minimum atomic E-state index is -0.592. The molecule has 0 amide bonds.